The SMILES string of the molecule is CN=C(NCc1nc(-c2cccc(Cl)c2)no1)NC1CC(C)N(Cc2ccccc2)C1.I. The van der Waals surface area contributed by atoms with E-state index in [9.17, 15) is 0 Å². The van der Waals surface area contributed by atoms with Gasteiger partial charge in [-0.3, -0.25) is 9.89 Å². The Morgan fingerprint density at radius 2 is 2.03 bits per heavy atom. The highest BCUT2D eigenvalue weighted by Gasteiger charge is 2.29. The summed E-state index contributed by atoms with van der Waals surface area (Å²) in [6, 6.07) is 18.8. The van der Waals surface area contributed by atoms with Crippen LogP contribution in [0.5, 0.6) is 0 Å². The number of rotatable bonds is 6. The molecule has 2 aromatic carbocycles. The normalized spacial score (nSPS) is 18.9. The molecule has 2 atom stereocenters. The highest BCUT2D eigenvalue weighted by Crippen LogP contribution is 2.21. The summed E-state index contributed by atoms with van der Waals surface area (Å²) in [5, 5.41) is 11.5. The van der Waals surface area contributed by atoms with Crippen LogP contribution in [0.4, 0.5) is 0 Å². The molecule has 3 aromatic rings. The van der Waals surface area contributed by atoms with Crippen molar-refractivity contribution in [2.75, 3.05) is 13.6 Å². The Labute approximate surface area is 210 Å². The number of likely N-dealkylation sites (tertiary alicyclic amines) is 1. The first-order valence-electron chi connectivity index (χ1n) is 10.4. The number of aromatic nitrogens is 2. The van der Waals surface area contributed by atoms with E-state index in [1.54, 1.807) is 7.05 Å². The van der Waals surface area contributed by atoms with E-state index in [1.165, 1.54) is 5.56 Å². The highest BCUT2D eigenvalue weighted by molar-refractivity contribution is 14.0. The van der Waals surface area contributed by atoms with E-state index < -0.39 is 0 Å². The van der Waals surface area contributed by atoms with Gasteiger partial charge in [0.25, 0.3) is 0 Å². The minimum Gasteiger partial charge on any atom is -0.352 e. The van der Waals surface area contributed by atoms with E-state index in [1.807, 2.05) is 24.3 Å². The second kappa shape index (κ2) is 11.6. The van der Waals surface area contributed by atoms with Gasteiger partial charge < -0.3 is 15.2 Å². The number of benzene rings is 2. The smallest absolute Gasteiger partial charge is 0.246 e. The maximum atomic E-state index is 6.04. The minimum absolute atomic E-state index is 0. The minimum atomic E-state index is 0. The topological polar surface area (TPSA) is 78.6 Å². The number of aliphatic imine (C=N–C) groups is 1. The van der Waals surface area contributed by atoms with Crippen LogP contribution in [0.2, 0.25) is 5.02 Å². The van der Waals surface area contributed by atoms with Gasteiger partial charge in [0.2, 0.25) is 11.7 Å². The molecule has 0 aliphatic carbocycles. The summed E-state index contributed by atoms with van der Waals surface area (Å²) >= 11 is 6.04. The summed E-state index contributed by atoms with van der Waals surface area (Å²) in [6.45, 7) is 4.59. The Bertz CT molecular complexity index is 1030. The molecule has 2 N–H and O–H groups in total. The van der Waals surface area contributed by atoms with E-state index in [0.717, 1.165) is 31.0 Å². The number of halogens is 2. The van der Waals surface area contributed by atoms with Crippen LogP contribution in [0.1, 0.15) is 24.8 Å². The molecule has 2 heterocycles. The first kappa shape index (κ1) is 24.5. The number of hydrogen-bond donors (Lipinski definition) is 2. The third-order valence-electron chi connectivity index (χ3n) is 5.45. The molecule has 4 rings (SSSR count). The van der Waals surface area contributed by atoms with Crippen LogP contribution in [0, 0.1) is 0 Å². The summed E-state index contributed by atoms with van der Waals surface area (Å²) < 4.78 is 5.37. The van der Waals surface area contributed by atoms with Gasteiger partial charge in [-0.05, 0) is 31.0 Å². The fourth-order valence-electron chi connectivity index (χ4n) is 3.86. The summed E-state index contributed by atoms with van der Waals surface area (Å²) in [4.78, 5) is 11.3. The van der Waals surface area contributed by atoms with Crippen molar-refractivity contribution in [3.05, 3.63) is 71.1 Å². The van der Waals surface area contributed by atoms with Gasteiger partial charge in [0.1, 0.15) is 0 Å². The van der Waals surface area contributed by atoms with E-state index in [2.05, 4.69) is 67.9 Å². The van der Waals surface area contributed by atoms with Crippen LogP contribution >= 0.6 is 35.6 Å². The van der Waals surface area contributed by atoms with Gasteiger partial charge in [0, 0.05) is 42.8 Å². The third-order valence-corrected chi connectivity index (χ3v) is 5.69. The van der Waals surface area contributed by atoms with Gasteiger partial charge in [-0.2, -0.15) is 4.98 Å². The lowest BCUT2D eigenvalue weighted by atomic mass is 10.2. The second-order valence-corrected chi connectivity index (χ2v) is 8.23. The zero-order valence-electron chi connectivity index (χ0n) is 18.2. The van der Waals surface area contributed by atoms with Crippen molar-refractivity contribution in [2.45, 2.75) is 38.5 Å². The standard InChI is InChI=1S/C23H27ClN6O.HI/c1-16-11-20(15-30(16)14-17-7-4-3-5-8-17)27-23(25-2)26-13-21-28-22(29-31-21)18-9-6-10-19(24)12-18;/h3-10,12,16,20H,11,13-15H2,1-2H3,(H2,25,26,27);1H. The van der Waals surface area contributed by atoms with E-state index in [0.29, 0.717) is 35.4 Å². The first-order chi connectivity index (χ1) is 15.1. The highest BCUT2D eigenvalue weighted by atomic mass is 127. The van der Waals surface area contributed by atoms with Crippen molar-refractivity contribution in [3.63, 3.8) is 0 Å². The molecule has 1 fully saturated rings. The van der Waals surface area contributed by atoms with Crippen molar-refractivity contribution >= 4 is 41.5 Å². The lowest BCUT2D eigenvalue weighted by Crippen LogP contribution is -2.44. The molecule has 0 amide bonds. The molecular formula is C23H28ClIN6O. The van der Waals surface area contributed by atoms with E-state index in [4.69, 9.17) is 16.1 Å². The number of hydrogen-bond acceptors (Lipinski definition) is 5. The average Bonchev–Trinajstić information content (AvgIpc) is 3.38. The van der Waals surface area contributed by atoms with Crippen molar-refractivity contribution in [1.82, 2.24) is 25.7 Å². The van der Waals surface area contributed by atoms with Crippen LogP contribution in [0.25, 0.3) is 11.4 Å². The number of nitrogens with one attached hydrogen (secondary N) is 2. The molecule has 170 valence electrons. The van der Waals surface area contributed by atoms with Crippen LogP contribution in [-0.2, 0) is 13.1 Å². The predicted octanol–water partition coefficient (Wildman–Crippen LogP) is 4.34. The van der Waals surface area contributed by atoms with E-state index in [-0.39, 0.29) is 24.0 Å². The number of guanidine groups is 1. The Morgan fingerprint density at radius 1 is 1.22 bits per heavy atom. The Morgan fingerprint density at radius 3 is 2.78 bits per heavy atom. The molecule has 1 aromatic heterocycles. The molecule has 7 nitrogen and oxygen atoms in total. The summed E-state index contributed by atoms with van der Waals surface area (Å²) in [7, 11) is 1.76. The Kier molecular flexibility index (Phi) is 8.89. The molecule has 1 saturated heterocycles. The van der Waals surface area contributed by atoms with Crippen molar-refractivity contribution < 1.29 is 4.52 Å². The molecule has 1 aliphatic rings. The van der Waals surface area contributed by atoms with Gasteiger partial charge in [0.05, 0.1) is 6.54 Å². The quantitative estimate of drug-likeness (QED) is 0.263. The molecule has 1 aliphatic heterocycles. The van der Waals surface area contributed by atoms with Crippen molar-refractivity contribution in [1.29, 1.82) is 0 Å². The number of nitrogens with zero attached hydrogens (tertiary/aromatic N) is 4. The van der Waals surface area contributed by atoms with Gasteiger partial charge >= 0.3 is 0 Å². The molecule has 0 spiro atoms. The maximum absolute atomic E-state index is 6.04. The Hall–Kier alpha value is -2.17. The lowest BCUT2D eigenvalue weighted by Gasteiger charge is -2.21. The molecule has 2 unspecified atom stereocenters. The average molecular weight is 567 g/mol. The predicted molar refractivity (Wildman–Crippen MR) is 138 cm³/mol. The van der Waals surface area contributed by atoms with Gasteiger partial charge in [-0.1, -0.05) is 59.2 Å². The molecular weight excluding hydrogens is 539 g/mol. The summed E-state index contributed by atoms with van der Waals surface area (Å²) in [6.07, 6.45) is 1.06. The molecule has 0 bridgehead atoms. The first-order valence-corrected chi connectivity index (χ1v) is 10.8. The molecule has 9 heteroatoms. The summed E-state index contributed by atoms with van der Waals surface area (Å²) in [5.41, 5.74) is 2.16. The van der Waals surface area contributed by atoms with Crippen molar-refractivity contribution in [2.24, 2.45) is 4.99 Å². The lowest BCUT2D eigenvalue weighted by molar-refractivity contribution is 0.258. The van der Waals surface area contributed by atoms with Crippen LogP contribution in [0.15, 0.2) is 64.1 Å². The maximum Gasteiger partial charge on any atom is 0.246 e. The summed E-state index contributed by atoms with van der Waals surface area (Å²) in [5.74, 6) is 1.73. The van der Waals surface area contributed by atoms with Gasteiger partial charge in [0.15, 0.2) is 5.96 Å². The van der Waals surface area contributed by atoms with Gasteiger partial charge in [-0.15, -0.1) is 24.0 Å². The fraction of sp³-hybridized carbons (Fsp3) is 0.348. The zero-order chi connectivity index (χ0) is 21.6. The molecule has 32 heavy (non-hydrogen) atoms. The second-order valence-electron chi connectivity index (χ2n) is 7.79. The fourth-order valence-corrected chi connectivity index (χ4v) is 4.05. The Balaban J connectivity index is 0.00000289. The third kappa shape index (κ3) is 6.43. The van der Waals surface area contributed by atoms with Gasteiger partial charge in [-0.25, -0.2) is 0 Å². The largest absolute Gasteiger partial charge is 0.352 e. The monoisotopic (exact) mass is 566 g/mol. The van der Waals surface area contributed by atoms with Crippen LogP contribution in [-0.4, -0.2) is 46.7 Å². The van der Waals surface area contributed by atoms with Crippen LogP contribution < -0.4 is 10.6 Å². The zero-order valence-corrected chi connectivity index (χ0v) is 21.2. The van der Waals surface area contributed by atoms with E-state index >= 15 is 0 Å². The van der Waals surface area contributed by atoms with Crippen molar-refractivity contribution in [3.8, 4) is 11.4 Å². The molecule has 0 radical (unpaired) electrons. The van der Waals surface area contributed by atoms with Crippen LogP contribution in [0.3, 0.4) is 0 Å². The molecule has 0 saturated carbocycles.